The summed E-state index contributed by atoms with van der Waals surface area (Å²) in [4.78, 5) is 0. The van der Waals surface area contributed by atoms with Crippen molar-refractivity contribution in [2.24, 2.45) is 45.3 Å². The number of allylic oxidation sites excluding steroid dienone is 1. The van der Waals surface area contributed by atoms with Gasteiger partial charge >= 0.3 is 0 Å². The molecule has 0 aromatic carbocycles. The highest BCUT2D eigenvalue weighted by molar-refractivity contribution is 5.26. The van der Waals surface area contributed by atoms with Gasteiger partial charge in [-0.3, -0.25) is 0 Å². The fourth-order valence-corrected chi connectivity index (χ4v) is 15.6. The molecule has 0 radical (unpaired) electrons. The van der Waals surface area contributed by atoms with E-state index in [1.807, 2.05) is 6.92 Å². The number of fused-ring (bicyclic) bond motifs is 4. The van der Waals surface area contributed by atoms with Crippen LogP contribution in [0.3, 0.4) is 0 Å². The molecule has 17 heteroatoms. The normalized spacial score (nSPS) is 57.2. The molecular formula is C46H74O17. The van der Waals surface area contributed by atoms with Crippen molar-refractivity contribution in [2.45, 2.75) is 203 Å². The maximum absolute atomic E-state index is 12.2. The second-order valence-corrected chi connectivity index (χ2v) is 22.5. The Morgan fingerprint density at radius 2 is 1.35 bits per heavy atom. The predicted molar refractivity (Wildman–Crippen MR) is 219 cm³/mol. The highest BCUT2D eigenvalue weighted by Gasteiger charge is 2.81. The lowest BCUT2D eigenvalue weighted by Crippen LogP contribution is -2.67. The van der Waals surface area contributed by atoms with Crippen molar-refractivity contribution in [3.8, 4) is 0 Å². The Labute approximate surface area is 369 Å². The van der Waals surface area contributed by atoms with Gasteiger partial charge < -0.3 is 83.9 Å². The van der Waals surface area contributed by atoms with Crippen molar-refractivity contribution in [3.05, 3.63) is 11.6 Å². The average molecular weight is 899 g/mol. The Hall–Kier alpha value is -0.940. The number of aliphatic hydroxyl groups is 9. The minimum atomic E-state index is -1.79. The Balaban J connectivity index is 0.969. The maximum Gasteiger partial charge on any atom is 0.187 e. The van der Waals surface area contributed by atoms with Crippen LogP contribution in [0.1, 0.15) is 99.8 Å². The lowest BCUT2D eigenvalue weighted by Gasteiger charge is -2.70. The summed E-state index contributed by atoms with van der Waals surface area (Å²) in [6, 6.07) is 0. The Bertz CT molecular complexity index is 1710. The quantitative estimate of drug-likeness (QED) is 0.114. The van der Waals surface area contributed by atoms with E-state index in [1.165, 1.54) is 0 Å². The SMILES string of the molecule is CC(C)=C[C@H]1C[C@](C)(O)C2C3CCC4[C@@]5(C)CC[C@H](O[C@@H]6OC[C@H](O)[C@H](O[C@@H]7O[C@H](CO)[C@@H](O)[C@H](O)[C@H]7O)[C@H]6O[C@@H]6O[C@@H](CO)[C@H](O)[C@H]6O)C(C)(C)C5CC[C@@]4(C)[C@@]34CO[C@@]2(C4)O1. The molecule has 5 saturated heterocycles. The molecule has 4 unspecified atom stereocenters. The zero-order valence-corrected chi connectivity index (χ0v) is 37.8. The van der Waals surface area contributed by atoms with Gasteiger partial charge in [-0.15, -0.1) is 0 Å². The van der Waals surface area contributed by atoms with E-state index in [4.69, 9.17) is 37.9 Å². The van der Waals surface area contributed by atoms with Crippen molar-refractivity contribution >= 4 is 0 Å². The van der Waals surface area contributed by atoms with Gasteiger partial charge in [-0.2, -0.15) is 0 Å². The van der Waals surface area contributed by atoms with Gasteiger partial charge in [-0.1, -0.05) is 39.3 Å². The molecule has 5 heterocycles. The van der Waals surface area contributed by atoms with Crippen molar-refractivity contribution < 1.29 is 83.9 Å². The van der Waals surface area contributed by atoms with Crippen LogP contribution >= 0.6 is 0 Å². The molecule has 9 rings (SSSR count). The lowest BCUT2D eigenvalue weighted by atomic mass is 9.35. The number of hydrogen-bond donors (Lipinski definition) is 9. The first-order chi connectivity index (χ1) is 29.6. The first-order valence-corrected chi connectivity index (χ1v) is 23.5. The Morgan fingerprint density at radius 3 is 2.00 bits per heavy atom. The van der Waals surface area contributed by atoms with E-state index in [1.54, 1.807) is 0 Å². The third-order valence-electron chi connectivity index (χ3n) is 18.4. The van der Waals surface area contributed by atoms with E-state index in [0.717, 1.165) is 44.1 Å². The van der Waals surface area contributed by atoms with E-state index in [9.17, 15) is 46.0 Å². The second kappa shape index (κ2) is 16.4. The molecule has 0 amide bonds. The van der Waals surface area contributed by atoms with Gasteiger partial charge in [0, 0.05) is 24.2 Å². The topological polar surface area (TPSA) is 256 Å². The van der Waals surface area contributed by atoms with Crippen molar-refractivity contribution in [3.63, 3.8) is 0 Å². The summed E-state index contributed by atoms with van der Waals surface area (Å²) in [6.45, 7) is 14.6. The smallest absolute Gasteiger partial charge is 0.187 e. The van der Waals surface area contributed by atoms with E-state index in [0.29, 0.717) is 25.4 Å². The summed E-state index contributed by atoms with van der Waals surface area (Å²) in [5.74, 6) is -0.0237. The van der Waals surface area contributed by atoms with Crippen LogP contribution in [0, 0.1) is 45.3 Å². The molecule has 2 bridgehead atoms. The molecule has 4 saturated carbocycles. The van der Waals surface area contributed by atoms with Gasteiger partial charge in [0.05, 0.1) is 44.2 Å². The molecule has 9 aliphatic rings. The Morgan fingerprint density at radius 1 is 0.714 bits per heavy atom. The van der Waals surface area contributed by atoms with Crippen molar-refractivity contribution in [2.75, 3.05) is 26.4 Å². The van der Waals surface area contributed by atoms with Crippen LogP contribution in [0.15, 0.2) is 11.6 Å². The molecule has 5 aliphatic heterocycles. The second-order valence-electron chi connectivity index (χ2n) is 22.5. The zero-order chi connectivity index (χ0) is 45.4. The fourth-order valence-electron chi connectivity index (χ4n) is 15.6. The highest BCUT2D eigenvalue weighted by atomic mass is 16.8. The molecule has 4 aliphatic carbocycles. The summed E-state index contributed by atoms with van der Waals surface area (Å²) in [5, 5.41) is 96.7. The minimum absolute atomic E-state index is 0.0626. The van der Waals surface area contributed by atoms with E-state index in [-0.39, 0.29) is 52.8 Å². The van der Waals surface area contributed by atoms with Crippen LogP contribution in [0.2, 0.25) is 0 Å². The standard InChI is InChI=1S/C46H74O17/c1-21(2)14-22-15-44(7,55)37-23-8-9-28-42(5)12-11-29(41(3,4)27(42)10-13-43(28,6)45(23)19-46(37,63-22)57-20-45)60-40-36(62-38-33(53)31(51)26(17-48)59-38)35(24(49)18-56-40)61-39-34(54)32(52)30(50)25(16-47)58-39/h14,22-40,47-55H,8-13,15-20H2,1-7H3/t22-,23?,24-,25+,26-,27?,28?,29-,30+,31-,32-,33+,34+,35-,36+,37?,38-,39-,40-,42-,43+,44-,45-,46-/m0/s1. The predicted octanol–water partition coefficient (Wildman–Crippen LogP) is 0.606. The number of hydrogen-bond acceptors (Lipinski definition) is 17. The summed E-state index contributed by atoms with van der Waals surface area (Å²) in [5.41, 5.74) is -0.453. The Kier molecular flexibility index (Phi) is 12.2. The minimum Gasteiger partial charge on any atom is -0.394 e. The summed E-state index contributed by atoms with van der Waals surface area (Å²) < 4.78 is 50.7. The molecule has 9 fully saturated rings. The first-order valence-electron chi connectivity index (χ1n) is 23.5. The van der Waals surface area contributed by atoms with Gasteiger partial charge in [0.1, 0.15) is 61.0 Å². The number of rotatable bonds is 9. The summed E-state index contributed by atoms with van der Waals surface area (Å²) in [7, 11) is 0. The van der Waals surface area contributed by atoms with Gasteiger partial charge in [-0.25, -0.2) is 0 Å². The van der Waals surface area contributed by atoms with Gasteiger partial charge in [0.15, 0.2) is 24.7 Å². The van der Waals surface area contributed by atoms with E-state index >= 15 is 0 Å². The molecule has 360 valence electrons. The van der Waals surface area contributed by atoms with Gasteiger partial charge in [-0.05, 0) is 93.3 Å². The van der Waals surface area contributed by atoms with Crippen LogP contribution < -0.4 is 0 Å². The third kappa shape index (κ3) is 7.11. The zero-order valence-electron chi connectivity index (χ0n) is 37.8. The molecular weight excluding hydrogens is 824 g/mol. The molecule has 0 aromatic rings. The molecule has 9 N–H and O–H groups in total. The number of aliphatic hydroxyl groups excluding tert-OH is 8. The monoisotopic (exact) mass is 898 g/mol. The summed E-state index contributed by atoms with van der Waals surface area (Å²) in [6.07, 6.45) is -11.0. The molecule has 63 heavy (non-hydrogen) atoms. The van der Waals surface area contributed by atoms with E-state index in [2.05, 4.69) is 47.6 Å². The fraction of sp³-hybridized carbons (Fsp3) is 0.957. The molecule has 2 spiro atoms. The third-order valence-corrected chi connectivity index (χ3v) is 18.4. The maximum atomic E-state index is 12.2. The van der Waals surface area contributed by atoms with Crippen LogP contribution in [-0.4, -0.2) is 176 Å². The van der Waals surface area contributed by atoms with Crippen LogP contribution in [0.25, 0.3) is 0 Å². The largest absolute Gasteiger partial charge is 0.394 e. The van der Waals surface area contributed by atoms with Gasteiger partial charge in [0.25, 0.3) is 0 Å². The summed E-state index contributed by atoms with van der Waals surface area (Å²) >= 11 is 0. The van der Waals surface area contributed by atoms with Crippen molar-refractivity contribution in [1.29, 1.82) is 0 Å². The molecule has 24 atom stereocenters. The van der Waals surface area contributed by atoms with Crippen LogP contribution in [0.4, 0.5) is 0 Å². The van der Waals surface area contributed by atoms with Gasteiger partial charge in [0.2, 0.25) is 0 Å². The van der Waals surface area contributed by atoms with E-state index < -0.39 is 110 Å². The lowest BCUT2D eigenvalue weighted by molar-refractivity contribution is -0.375. The highest BCUT2D eigenvalue weighted by Crippen LogP contribution is 2.80. The molecule has 0 aromatic heterocycles. The number of ether oxygens (including phenoxy) is 8. The molecule has 17 nitrogen and oxygen atoms in total. The first kappa shape index (κ1) is 47.1. The average Bonchev–Trinajstić information content (AvgIpc) is 3.83. The van der Waals surface area contributed by atoms with Crippen LogP contribution in [-0.2, 0) is 37.9 Å². The van der Waals surface area contributed by atoms with Crippen molar-refractivity contribution in [1.82, 2.24) is 0 Å². The van der Waals surface area contributed by atoms with Crippen LogP contribution in [0.5, 0.6) is 0 Å².